The molecular weight excluding hydrogens is 226 g/mol. The van der Waals surface area contributed by atoms with Gasteiger partial charge in [-0.05, 0) is 43.1 Å². The average Bonchev–Trinajstić information content (AvgIpc) is 2.52. The van der Waals surface area contributed by atoms with Crippen molar-refractivity contribution in [3.63, 3.8) is 0 Å². The molecule has 0 saturated heterocycles. The number of fused-ring (bicyclic) bond motifs is 1. The third kappa shape index (κ3) is 3.07. The van der Waals surface area contributed by atoms with E-state index in [1.807, 2.05) is 33.0 Å². The lowest BCUT2D eigenvalue weighted by Crippen LogP contribution is -2.28. The van der Waals surface area contributed by atoms with Crippen molar-refractivity contribution in [2.24, 2.45) is 5.41 Å². The van der Waals surface area contributed by atoms with Crippen LogP contribution in [-0.4, -0.2) is 24.0 Å². The summed E-state index contributed by atoms with van der Waals surface area (Å²) in [7, 11) is 0. The highest BCUT2D eigenvalue weighted by Gasteiger charge is 2.21. The molecular formula is C14H21N3O. The van der Waals surface area contributed by atoms with E-state index in [4.69, 9.17) is 0 Å². The lowest BCUT2D eigenvalue weighted by molar-refractivity contribution is -0.123. The van der Waals surface area contributed by atoms with Gasteiger partial charge in [0.2, 0.25) is 5.91 Å². The number of pyridine rings is 1. The van der Waals surface area contributed by atoms with Gasteiger partial charge in [-0.3, -0.25) is 4.79 Å². The highest BCUT2D eigenvalue weighted by molar-refractivity contribution is 5.93. The average molecular weight is 247 g/mol. The summed E-state index contributed by atoms with van der Waals surface area (Å²) in [5.74, 6) is 0.664. The molecule has 0 atom stereocenters. The molecule has 1 aromatic heterocycles. The van der Waals surface area contributed by atoms with Crippen LogP contribution in [0.15, 0.2) is 12.3 Å². The van der Waals surface area contributed by atoms with Crippen molar-refractivity contribution in [2.45, 2.75) is 33.6 Å². The van der Waals surface area contributed by atoms with Crippen LogP contribution < -0.4 is 10.6 Å². The second-order valence-electron chi connectivity index (χ2n) is 5.79. The van der Waals surface area contributed by atoms with Crippen molar-refractivity contribution in [3.05, 3.63) is 23.4 Å². The van der Waals surface area contributed by atoms with Gasteiger partial charge in [-0.1, -0.05) is 20.8 Å². The van der Waals surface area contributed by atoms with Gasteiger partial charge >= 0.3 is 0 Å². The topological polar surface area (TPSA) is 54.0 Å². The van der Waals surface area contributed by atoms with Crippen molar-refractivity contribution in [2.75, 3.05) is 18.4 Å². The smallest absolute Gasteiger partial charge is 0.230 e. The van der Waals surface area contributed by atoms with Crippen molar-refractivity contribution in [1.29, 1.82) is 0 Å². The van der Waals surface area contributed by atoms with Gasteiger partial charge in [0.05, 0.1) is 0 Å². The quantitative estimate of drug-likeness (QED) is 0.795. The van der Waals surface area contributed by atoms with Crippen molar-refractivity contribution in [3.8, 4) is 0 Å². The minimum atomic E-state index is -0.393. The molecule has 0 fully saturated rings. The number of carbonyl (C=O) groups is 1. The molecule has 0 aromatic carbocycles. The normalized spacial score (nSPS) is 15.7. The molecule has 0 unspecified atom stereocenters. The Bertz CT molecular complexity index is 449. The fourth-order valence-corrected chi connectivity index (χ4v) is 1.93. The Balaban J connectivity index is 2.16. The molecule has 0 spiro atoms. The molecule has 4 nitrogen and oxygen atoms in total. The SMILES string of the molecule is CC(C)(C)C(=O)Nc1cc2c(cn1)CCNCC2. The summed E-state index contributed by atoms with van der Waals surface area (Å²) >= 11 is 0. The number of carbonyl (C=O) groups excluding carboxylic acids is 1. The fourth-order valence-electron chi connectivity index (χ4n) is 1.93. The van der Waals surface area contributed by atoms with Crippen LogP contribution in [-0.2, 0) is 17.6 Å². The highest BCUT2D eigenvalue weighted by Crippen LogP contribution is 2.19. The molecule has 1 aliphatic heterocycles. The van der Waals surface area contributed by atoms with E-state index < -0.39 is 5.41 Å². The Morgan fingerprint density at radius 3 is 2.61 bits per heavy atom. The van der Waals surface area contributed by atoms with E-state index in [1.54, 1.807) is 0 Å². The summed E-state index contributed by atoms with van der Waals surface area (Å²) in [5.41, 5.74) is 2.18. The first-order chi connectivity index (χ1) is 8.47. The number of aromatic nitrogens is 1. The molecule has 0 saturated carbocycles. The minimum absolute atomic E-state index is 0.00157. The Kier molecular flexibility index (Phi) is 3.66. The third-order valence-electron chi connectivity index (χ3n) is 3.15. The van der Waals surface area contributed by atoms with Crippen LogP contribution >= 0.6 is 0 Å². The van der Waals surface area contributed by atoms with E-state index in [9.17, 15) is 4.79 Å². The lowest BCUT2D eigenvalue weighted by atomic mass is 9.95. The van der Waals surface area contributed by atoms with E-state index in [-0.39, 0.29) is 5.91 Å². The van der Waals surface area contributed by atoms with Gasteiger partial charge in [0.25, 0.3) is 0 Å². The number of hydrogen-bond donors (Lipinski definition) is 2. The van der Waals surface area contributed by atoms with Crippen LogP contribution in [0.25, 0.3) is 0 Å². The van der Waals surface area contributed by atoms with E-state index >= 15 is 0 Å². The number of amides is 1. The first-order valence-electron chi connectivity index (χ1n) is 6.47. The monoisotopic (exact) mass is 247 g/mol. The fraction of sp³-hybridized carbons (Fsp3) is 0.571. The first-order valence-corrected chi connectivity index (χ1v) is 6.47. The molecule has 98 valence electrons. The maximum absolute atomic E-state index is 11.9. The van der Waals surface area contributed by atoms with Crippen molar-refractivity contribution >= 4 is 11.7 Å². The van der Waals surface area contributed by atoms with Crippen LogP contribution in [0.2, 0.25) is 0 Å². The molecule has 2 rings (SSSR count). The predicted octanol–water partition coefficient (Wildman–Crippen LogP) is 1.75. The third-order valence-corrected chi connectivity index (χ3v) is 3.15. The summed E-state index contributed by atoms with van der Waals surface area (Å²) in [4.78, 5) is 16.2. The van der Waals surface area contributed by atoms with Gasteiger partial charge in [-0.25, -0.2) is 4.98 Å². The molecule has 18 heavy (non-hydrogen) atoms. The Morgan fingerprint density at radius 2 is 1.94 bits per heavy atom. The van der Waals surface area contributed by atoms with Gasteiger partial charge in [-0.15, -0.1) is 0 Å². The predicted molar refractivity (Wildman–Crippen MR) is 72.6 cm³/mol. The van der Waals surface area contributed by atoms with E-state index in [2.05, 4.69) is 15.6 Å². The van der Waals surface area contributed by atoms with Crippen LogP contribution in [0.1, 0.15) is 31.9 Å². The molecule has 4 heteroatoms. The van der Waals surface area contributed by atoms with E-state index in [0.717, 1.165) is 25.9 Å². The van der Waals surface area contributed by atoms with E-state index in [1.165, 1.54) is 11.1 Å². The number of nitrogens with zero attached hydrogens (tertiary/aromatic N) is 1. The molecule has 1 aromatic rings. The molecule has 1 aliphatic rings. The number of nitrogens with one attached hydrogen (secondary N) is 2. The van der Waals surface area contributed by atoms with Crippen LogP contribution in [0.5, 0.6) is 0 Å². The molecule has 1 amide bonds. The summed E-state index contributed by atoms with van der Waals surface area (Å²) < 4.78 is 0. The molecule has 2 heterocycles. The van der Waals surface area contributed by atoms with Crippen LogP contribution in [0.3, 0.4) is 0 Å². The van der Waals surface area contributed by atoms with Gasteiger partial charge in [0.15, 0.2) is 0 Å². The zero-order valence-electron chi connectivity index (χ0n) is 11.3. The summed E-state index contributed by atoms with van der Waals surface area (Å²) in [5, 5.41) is 6.25. The molecule has 0 aliphatic carbocycles. The summed E-state index contributed by atoms with van der Waals surface area (Å²) in [6.07, 6.45) is 3.90. The minimum Gasteiger partial charge on any atom is -0.316 e. The lowest BCUT2D eigenvalue weighted by Gasteiger charge is -2.17. The standard InChI is InChI=1S/C14H21N3O/c1-14(2,3)13(18)17-12-8-10-4-6-15-7-5-11(10)9-16-12/h8-9,15H,4-7H2,1-3H3,(H,16,17,18). The Labute approximate surface area is 108 Å². The van der Waals surface area contributed by atoms with Gasteiger partial charge < -0.3 is 10.6 Å². The maximum Gasteiger partial charge on any atom is 0.230 e. The Morgan fingerprint density at radius 1 is 1.28 bits per heavy atom. The number of anilines is 1. The van der Waals surface area contributed by atoms with Gasteiger partial charge in [0, 0.05) is 11.6 Å². The number of rotatable bonds is 1. The molecule has 0 radical (unpaired) electrons. The zero-order valence-corrected chi connectivity index (χ0v) is 11.3. The largest absolute Gasteiger partial charge is 0.316 e. The highest BCUT2D eigenvalue weighted by atomic mass is 16.2. The summed E-state index contributed by atoms with van der Waals surface area (Å²) in [6, 6.07) is 2.01. The Hall–Kier alpha value is -1.42. The van der Waals surface area contributed by atoms with Gasteiger partial charge in [0.1, 0.15) is 5.82 Å². The summed E-state index contributed by atoms with van der Waals surface area (Å²) in [6.45, 7) is 7.69. The van der Waals surface area contributed by atoms with E-state index in [0.29, 0.717) is 5.82 Å². The van der Waals surface area contributed by atoms with Crippen LogP contribution in [0, 0.1) is 5.41 Å². The number of hydrogen-bond acceptors (Lipinski definition) is 3. The first kappa shape index (κ1) is 13.0. The molecule has 2 N–H and O–H groups in total. The maximum atomic E-state index is 11.9. The second-order valence-corrected chi connectivity index (χ2v) is 5.79. The van der Waals surface area contributed by atoms with Gasteiger partial charge in [-0.2, -0.15) is 0 Å². The molecule has 0 bridgehead atoms. The second kappa shape index (κ2) is 5.06. The zero-order chi connectivity index (χ0) is 13.2. The van der Waals surface area contributed by atoms with Crippen LogP contribution in [0.4, 0.5) is 5.82 Å². The van der Waals surface area contributed by atoms with Crippen molar-refractivity contribution < 1.29 is 4.79 Å². The van der Waals surface area contributed by atoms with Crippen molar-refractivity contribution in [1.82, 2.24) is 10.3 Å².